The highest BCUT2D eigenvalue weighted by Gasteiger charge is 2.11. The van der Waals surface area contributed by atoms with Gasteiger partial charge in [0.2, 0.25) is 0 Å². The smallest absolute Gasteiger partial charge is 0.142 e. The Balaban J connectivity index is 2.02. The van der Waals surface area contributed by atoms with Crippen molar-refractivity contribution >= 4 is 22.4 Å². The molecule has 1 unspecified atom stereocenters. The first-order valence-electron chi connectivity index (χ1n) is 6.34. The fourth-order valence-electron chi connectivity index (χ4n) is 2.30. The van der Waals surface area contributed by atoms with E-state index in [2.05, 4.69) is 0 Å². The molecular formula is C17H13ClFN. The third-order valence-electron chi connectivity index (χ3n) is 3.44. The average molecular weight is 286 g/mol. The summed E-state index contributed by atoms with van der Waals surface area (Å²) in [6.07, 6.45) is 0. The molecule has 3 rings (SSSR count). The van der Waals surface area contributed by atoms with Crippen LogP contribution in [0.5, 0.6) is 0 Å². The van der Waals surface area contributed by atoms with E-state index in [-0.39, 0.29) is 11.1 Å². The van der Waals surface area contributed by atoms with Gasteiger partial charge in [-0.2, -0.15) is 0 Å². The van der Waals surface area contributed by atoms with Gasteiger partial charge >= 0.3 is 0 Å². The molecule has 0 heterocycles. The van der Waals surface area contributed by atoms with E-state index >= 15 is 0 Å². The molecule has 1 atom stereocenters. The SMILES string of the molecule is NC(c1ccc(Cl)c(F)c1)c1ccc2ccccc2c1. The Morgan fingerprint density at radius 1 is 0.850 bits per heavy atom. The lowest BCUT2D eigenvalue weighted by atomic mass is 9.97. The van der Waals surface area contributed by atoms with Crippen LogP contribution in [0.1, 0.15) is 17.2 Å². The number of hydrogen-bond donors (Lipinski definition) is 1. The van der Waals surface area contributed by atoms with Gasteiger partial charge in [0.15, 0.2) is 0 Å². The van der Waals surface area contributed by atoms with Crippen LogP contribution in [-0.2, 0) is 0 Å². The Morgan fingerprint density at radius 3 is 2.25 bits per heavy atom. The highest BCUT2D eigenvalue weighted by molar-refractivity contribution is 6.30. The van der Waals surface area contributed by atoms with E-state index < -0.39 is 5.82 Å². The van der Waals surface area contributed by atoms with Gasteiger partial charge in [0.05, 0.1) is 11.1 Å². The van der Waals surface area contributed by atoms with E-state index in [0.29, 0.717) is 5.56 Å². The molecule has 2 N–H and O–H groups in total. The second-order valence-corrected chi connectivity index (χ2v) is 5.17. The van der Waals surface area contributed by atoms with Crippen molar-refractivity contribution in [2.75, 3.05) is 0 Å². The van der Waals surface area contributed by atoms with Crippen molar-refractivity contribution in [3.63, 3.8) is 0 Å². The molecule has 100 valence electrons. The maximum Gasteiger partial charge on any atom is 0.142 e. The van der Waals surface area contributed by atoms with Crippen molar-refractivity contribution in [1.82, 2.24) is 0 Å². The number of halogens is 2. The number of nitrogens with two attached hydrogens (primary N) is 1. The Hall–Kier alpha value is -1.90. The van der Waals surface area contributed by atoms with E-state index in [0.717, 1.165) is 16.3 Å². The molecule has 0 radical (unpaired) electrons. The van der Waals surface area contributed by atoms with E-state index in [1.807, 2.05) is 42.5 Å². The van der Waals surface area contributed by atoms with Gasteiger partial charge in [-0.05, 0) is 40.1 Å². The summed E-state index contributed by atoms with van der Waals surface area (Å²) in [6, 6.07) is 18.4. The minimum Gasteiger partial charge on any atom is -0.320 e. The van der Waals surface area contributed by atoms with Crippen LogP contribution >= 0.6 is 11.6 Å². The summed E-state index contributed by atoms with van der Waals surface area (Å²) in [5, 5.41) is 2.39. The van der Waals surface area contributed by atoms with Gasteiger partial charge in [0.1, 0.15) is 5.82 Å². The lowest BCUT2D eigenvalue weighted by Crippen LogP contribution is -2.12. The van der Waals surface area contributed by atoms with Crippen LogP contribution in [0, 0.1) is 5.82 Å². The van der Waals surface area contributed by atoms with Crippen LogP contribution < -0.4 is 5.73 Å². The fourth-order valence-corrected chi connectivity index (χ4v) is 2.42. The Labute approximate surface area is 121 Å². The van der Waals surface area contributed by atoms with Crippen molar-refractivity contribution in [3.8, 4) is 0 Å². The van der Waals surface area contributed by atoms with Crippen LogP contribution in [0.15, 0.2) is 60.7 Å². The summed E-state index contributed by atoms with van der Waals surface area (Å²) in [5.41, 5.74) is 7.88. The molecule has 3 aromatic rings. The molecule has 20 heavy (non-hydrogen) atoms. The van der Waals surface area contributed by atoms with Crippen molar-refractivity contribution in [2.45, 2.75) is 6.04 Å². The normalized spacial score (nSPS) is 12.6. The molecule has 0 fully saturated rings. The highest BCUT2D eigenvalue weighted by Crippen LogP contribution is 2.26. The summed E-state index contributed by atoms with van der Waals surface area (Å²) < 4.78 is 13.5. The zero-order chi connectivity index (χ0) is 14.1. The summed E-state index contributed by atoms with van der Waals surface area (Å²) in [4.78, 5) is 0. The number of rotatable bonds is 2. The summed E-state index contributed by atoms with van der Waals surface area (Å²) in [6.45, 7) is 0. The predicted molar refractivity (Wildman–Crippen MR) is 81.4 cm³/mol. The lowest BCUT2D eigenvalue weighted by molar-refractivity contribution is 0.624. The van der Waals surface area contributed by atoms with Gasteiger partial charge in [-0.25, -0.2) is 4.39 Å². The van der Waals surface area contributed by atoms with Gasteiger partial charge in [0, 0.05) is 0 Å². The van der Waals surface area contributed by atoms with Gasteiger partial charge < -0.3 is 5.73 Å². The largest absolute Gasteiger partial charge is 0.320 e. The third-order valence-corrected chi connectivity index (χ3v) is 3.74. The first-order chi connectivity index (χ1) is 9.65. The van der Waals surface area contributed by atoms with E-state index in [9.17, 15) is 4.39 Å². The van der Waals surface area contributed by atoms with Crippen LogP contribution in [-0.4, -0.2) is 0 Å². The molecule has 0 aliphatic heterocycles. The Morgan fingerprint density at radius 2 is 1.50 bits per heavy atom. The van der Waals surface area contributed by atoms with Crippen LogP contribution in [0.25, 0.3) is 10.8 Å². The first kappa shape index (κ1) is 13.1. The first-order valence-corrected chi connectivity index (χ1v) is 6.72. The summed E-state index contributed by atoms with van der Waals surface area (Å²) >= 11 is 5.69. The van der Waals surface area contributed by atoms with E-state index in [4.69, 9.17) is 17.3 Å². The fraction of sp³-hybridized carbons (Fsp3) is 0.0588. The molecule has 3 heteroatoms. The standard InChI is InChI=1S/C17H13ClFN/c18-15-8-7-14(10-16(15)19)17(20)13-6-5-11-3-1-2-4-12(11)9-13/h1-10,17H,20H2. The molecule has 0 spiro atoms. The van der Waals surface area contributed by atoms with E-state index in [1.165, 1.54) is 12.1 Å². The summed E-state index contributed by atoms with van der Waals surface area (Å²) in [7, 11) is 0. The zero-order valence-corrected chi connectivity index (χ0v) is 11.4. The number of hydrogen-bond acceptors (Lipinski definition) is 1. The lowest BCUT2D eigenvalue weighted by Gasteiger charge is -2.14. The van der Waals surface area contributed by atoms with Gasteiger partial charge in [0.25, 0.3) is 0 Å². The van der Waals surface area contributed by atoms with Gasteiger partial charge in [-0.1, -0.05) is 54.1 Å². The van der Waals surface area contributed by atoms with Crippen molar-refractivity contribution < 1.29 is 4.39 Å². The molecule has 0 aliphatic carbocycles. The average Bonchev–Trinajstić information content (AvgIpc) is 2.49. The topological polar surface area (TPSA) is 26.0 Å². The van der Waals surface area contributed by atoms with Crippen LogP contribution in [0.3, 0.4) is 0 Å². The van der Waals surface area contributed by atoms with E-state index in [1.54, 1.807) is 6.07 Å². The number of fused-ring (bicyclic) bond motifs is 1. The molecule has 0 saturated heterocycles. The van der Waals surface area contributed by atoms with Crippen LogP contribution in [0.2, 0.25) is 5.02 Å². The zero-order valence-electron chi connectivity index (χ0n) is 10.7. The van der Waals surface area contributed by atoms with Gasteiger partial charge in [-0.3, -0.25) is 0 Å². The monoisotopic (exact) mass is 285 g/mol. The third kappa shape index (κ3) is 2.40. The molecule has 0 amide bonds. The van der Waals surface area contributed by atoms with Crippen molar-refractivity contribution in [2.24, 2.45) is 5.73 Å². The van der Waals surface area contributed by atoms with Crippen LogP contribution in [0.4, 0.5) is 4.39 Å². The molecular weight excluding hydrogens is 273 g/mol. The Kier molecular flexibility index (Phi) is 3.43. The molecule has 1 nitrogen and oxygen atoms in total. The molecule has 3 aromatic carbocycles. The van der Waals surface area contributed by atoms with Gasteiger partial charge in [-0.15, -0.1) is 0 Å². The molecule has 0 aliphatic rings. The predicted octanol–water partition coefficient (Wildman–Crippen LogP) is 4.68. The van der Waals surface area contributed by atoms with Crippen molar-refractivity contribution in [3.05, 3.63) is 82.6 Å². The minimum absolute atomic E-state index is 0.111. The quantitative estimate of drug-likeness (QED) is 0.727. The number of benzene rings is 3. The Bertz CT molecular complexity index is 770. The van der Waals surface area contributed by atoms with Crippen molar-refractivity contribution in [1.29, 1.82) is 0 Å². The second kappa shape index (κ2) is 5.23. The maximum atomic E-state index is 13.5. The summed E-state index contributed by atoms with van der Waals surface area (Å²) in [5.74, 6) is -0.444. The molecule has 0 aromatic heterocycles. The maximum absolute atomic E-state index is 13.5. The molecule has 0 saturated carbocycles. The molecule has 0 bridgehead atoms. The minimum atomic E-state index is -0.444. The second-order valence-electron chi connectivity index (χ2n) is 4.76. The highest BCUT2D eigenvalue weighted by atomic mass is 35.5.